The van der Waals surface area contributed by atoms with E-state index in [-0.39, 0.29) is 18.5 Å². The van der Waals surface area contributed by atoms with Crippen molar-refractivity contribution in [3.05, 3.63) is 63.6 Å². The minimum atomic E-state index is -0.204. The van der Waals surface area contributed by atoms with E-state index < -0.39 is 0 Å². The summed E-state index contributed by atoms with van der Waals surface area (Å²) in [6.45, 7) is 2.07. The third-order valence-electron chi connectivity index (χ3n) is 3.31. The molecule has 0 fully saturated rings. The lowest BCUT2D eigenvalue weighted by Gasteiger charge is -2.15. The summed E-state index contributed by atoms with van der Waals surface area (Å²) in [5, 5.41) is 15.6. The fraction of sp³-hybridized carbons (Fsp3) is 0.176. The van der Waals surface area contributed by atoms with Crippen LogP contribution >= 0.6 is 23.2 Å². The van der Waals surface area contributed by atoms with Crippen LogP contribution < -0.4 is 10.6 Å². The second-order valence-electron chi connectivity index (χ2n) is 4.98. The summed E-state index contributed by atoms with van der Waals surface area (Å²) in [6.07, 6.45) is 0. The molecule has 0 radical (unpaired) electrons. The Kier molecular flexibility index (Phi) is 6.00. The Morgan fingerprint density at radius 3 is 2.61 bits per heavy atom. The molecule has 0 aliphatic rings. The summed E-state index contributed by atoms with van der Waals surface area (Å²) in [7, 11) is 0. The molecule has 23 heavy (non-hydrogen) atoms. The van der Waals surface area contributed by atoms with Gasteiger partial charge in [-0.2, -0.15) is 5.26 Å². The van der Waals surface area contributed by atoms with E-state index in [1.165, 1.54) is 0 Å². The Bertz CT molecular complexity index is 756. The van der Waals surface area contributed by atoms with E-state index >= 15 is 0 Å². The molecule has 2 aromatic carbocycles. The van der Waals surface area contributed by atoms with Crippen molar-refractivity contribution in [3.63, 3.8) is 0 Å². The summed E-state index contributed by atoms with van der Waals surface area (Å²) in [5.74, 6) is -0.204. The monoisotopic (exact) mass is 347 g/mol. The number of hydrogen-bond acceptors (Lipinski definition) is 3. The van der Waals surface area contributed by atoms with E-state index in [1.807, 2.05) is 37.3 Å². The average Bonchev–Trinajstić information content (AvgIpc) is 2.53. The molecule has 2 rings (SSSR count). The normalized spacial score (nSPS) is 11.6. The van der Waals surface area contributed by atoms with Gasteiger partial charge in [-0.25, -0.2) is 0 Å². The van der Waals surface area contributed by atoms with Gasteiger partial charge in [0.25, 0.3) is 0 Å². The number of hydrogen-bond donors (Lipinski definition) is 2. The Morgan fingerprint density at radius 1 is 1.22 bits per heavy atom. The van der Waals surface area contributed by atoms with Crippen LogP contribution in [0.5, 0.6) is 0 Å². The number of carbonyl (C=O) groups is 1. The predicted molar refractivity (Wildman–Crippen MR) is 92.7 cm³/mol. The van der Waals surface area contributed by atoms with E-state index in [9.17, 15) is 4.79 Å². The molecule has 0 aromatic heterocycles. The van der Waals surface area contributed by atoms with E-state index in [1.54, 1.807) is 18.2 Å². The molecule has 0 heterocycles. The maximum Gasteiger partial charge on any atom is 0.238 e. The number of nitrogens with one attached hydrogen (secondary N) is 2. The van der Waals surface area contributed by atoms with Crippen molar-refractivity contribution >= 4 is 34.8 Å². The van der Waals surface area contributed by atoms with Crippen LogP contribution in [0.1, 0.15) is 24.1 Å². The van der Waals surface area contributed by atoms with Crippen molar-refractivity contribution in [2.45, 2.75) is 13.0 Å². The van der Waals surface area contributed by atoms with Crippen molar-refractivity contribution in [2.75, 3.05) is 11.9 Å². The Balaban J connectivity index is 1.92. The number of halogens is 2. The number of amides is 1. The number of carbonyl (C=O) groups excluding carboxylic acids is 1. The molecular formula is C17H15Cl2N3O. The summed E-state index contributed by atoms with van der Waals surface area (Å²) in [4.78, 5) is 12.0. The number of rotatable bonds is 5. The first-order valence-electron chi connectivity index (χ1n) is 6.98. The van der Waals surface area contributed by atoms with Crippen LogP contribution in [0.25, 0.3) is 0 Å². The molecular weight excluding hydrogens is 333 g/mol. The zero-order chi connectivity index (χ0) is 16.8. The second-order valence-corrected chi connectivity index (χ2v) is 5.79. The summed E-state index contributed by atoms with van der Waals surface area (Å²) in [5.41, 5.74) is 1.85. The second kappa shape index (κ2) is 7.98. The maximum atomic E-state index is 12.0. The van der Waals surface area contributed by atoms with Crippen molar-refractivity contribution in [1.29, 1.82) is 5.26 Å². The van der Waals surface area contributed by atoms with Crippen molar-refractivity contribution in [3.8, 4) is 6.07 Å². The molecule has 1 atom stereocenters. The van der Waals surface area contributed by atoms with Crippen LogP contribution in [-0.4, -0.2) is 12.5 Å². The van der Waals surface area contributed by atoms with E-state index in [2.05, 4.69) is 10.6 Å². The molecule has 1 amide bonds. The van der Waals surface area contributed by atoms with Crippen molar-refractivity contribution < 1.29 is 4.79 Å². The first-order valence-corrected chi connectivity index (χ1v) is 7.74. The zero-order valence-corrected chi connectivity index (χ0v) is 13.9. The fourth-order valence-corrected chi connectivity index (χ4v) is 2.59. The number of benzene rings is 2. The van der Waals surface area contributed by atoms with Gasteiger partial charge in [-0.3, -0.25) is 4.79 Å². The predicted octanol–water partition coefficient (Wildman–Crippen LogP) is 4.15. The van der Waals surface area contributed by atoms with Gasteiger partial charge in [-0.15, -0.1) is 0 Å². The van der Waals surface area contributed by atoms with Gasteiger partial charge in [0.05, 0.1) is 17.1 Å². The van der Waals surface area contributed by atoms with Gasteiger partial charge in [0.2, 0.25) is 5.91 Å². The molecule has 6 heteroatoms. The highest BCUT2D eigenvalue weighted by Crippen LogP contribution is 2.22. The lowest BCUT2D eigenvalue weighted by atomic mass is 10.1. The molecule has 2 N–H and O–H groups in total. The molecule has 4 nitrogen and oxygen atoms in total. The number of anilines is 1. The quantitative estimate of drug-likeness (QED) is 0.853. The van der Waals surface area contributed by atoms with Gasteiger partial charge in [0, 0.05) is 16.8 Å². The highest BCUT2D eigenvalue weighted by atomic mass is 35.5. The minimum absolute atomic E-state index is 0.0565. The number of nitrogens with zero attached hydrogens (tertiary/aromatic N) is 1. The highest BCUT2D eigenvalue weighted by molar-refractivity contribution is 6.32. The topological polar surface area (TPSA) is 64.9 Å². The summed E-state index contributed by atoms with van der Waals surface area (Å²) in [6, 6.07) is 14.2. The first-order chi connectivity index (χ1) is 11.0. The van der Waals surface area contributed by atoms with Gasteiger partial charge >= 0.3 is 0 Å². The molecule has 0 aliphatic heterocycles. The van der Waals surface area contributed by atoms with Gasteiger partial charge < -0.3 is 10.6 Å². The SMILES string of the molecule is C[C@H](NCC(=O)Nc1ccc(C#N)c(Cl)c1)c1ccccc1Cl. The van der Waals surface area contributed by atoms with Crippen LogP contribution in [0.15, 0.2) is 42.5 Å². The molecule has 0 saturated heterocycles. The van der Waals surface area contributed by atoms with Gasteiger partial charge in [-0.1, -0.05) is 41.4 Å². The van der Waals surface area contributed by atoms with Crippen LogP contribution in [0.2, 0.25) is 10.0 Å². The lowest BCUT2D eigenvalue weighted by Crippen LogP contribution is -2.30. The third-order valence-corrected chi connectivity index (χ3v) is 3.97. The van der Waals surface area contributed by atoms with Crippen molar-refractivity contribution in [1.82, 2.24) is 5.32 Å². The third kappa shape index (κ3) is 4.70. The minimum Gasteiger partial charge on any atom is -0.325 e. The van der Waals surface area contributed by atoms with E-state index in [0.717, 1.165) is 5.56 Å². The largest absolute Gasteiger partial charge is 0.325 e. The Morgan fingerprint density at radius 2 is 1.96 bits per heavy atom. The van der Waals surface area contributed by atoms with E-state index in [0.29, 0.717) is 21.3 Å². The van der Waals surface area contributed by atoms with Crippen LogP contribution in [-0.2, 0) is 4.79 Å². The fourth-order valence-electron chi connectivity index (χ4n) is 2.07. The highest BCUT2D eigenvalue weighted by Gasteiger charge is 2.11. The molecule has 0 aliphatic carbocycles. The maximum absolute atomic E-state index is 12.0. The lowest BCUT2D eigenvalue weighted by molar-refractivity contribution is -0.115. The van der Waals surface area contributed by atoms with Gasteiger partial charge in [-0.05, 0) is 36.8 Å². The van der Waals surface area contributed by atoms with Gasteiger partial charge in [0.15, 0.2) is 0 Å². The van der Waals surface area contributed by atoms with Crippen LogP contribution in [0.4, 0.5) is 5.69 Å². The smallest absolute Gasteiger partial charge is 0.238 e. The number of nitriles is 1. The molecule has 0 spiro atoms. The van der Waals surface area contributed by atoms with Crippen molar-refractivity contribution in [2.24, 2.45) is 0 Å². The molecule has 2 aromatic rings. The average molecular weight is 348 g/mol. The standard InChI is InChI=1S/C17H15Cl2N3O/c1-11(14-4-2-3-5-15(14)18)21-10-17(23)22-13-7-6-12(9-20)16(19)8-13/h2-8,11,21H,10H2,1H3,(H,22,23)/t11-/m0/s1. The molecule has 118 valence electrons. The van der Waals surface area contributed by atoms with Crippen LogP contribution in [0, 0.1) is 11.3 Å². The molecule has 0 bridgehead atoms. The van der Waals surface area contributed by atoms with Crippen LogP contribution in [0.3, 0.4) is 0 Å². The Labute approximate surface area is 145 Å². The first kappa shape index (κ1) is 17.3. The van der Waals surface area contributed by atoms with E-state index in [4.69, 9.17) is 28.5 Å². The zero-order valence-electron chi connectivity index (χ0n) is 12.4. The Hall–Kier alpha value is -2.06. The van der Waals surface area contributed by atoms with Gasteiger partial charge in [0.1, 0.15) is 6.07 Å². The summed E-state index contributed by atoms with van der Waals surface area (Å²) < 4.78 is 0. The molecule has 0 unspecified atom stereocenters. The summed E-state index contributed by atoms with van der Waals surface area (Å²) >= 11 is 12.1. The molecule has 0 saturated carbocycles.